The number of aliphatic hydroxyl groups excluding tert-OH is 1. The Hall–Kier alpha value is -1.26. The van der Waals surface area contributed by atoms with Crippen LogP contribution in [0.5, 0.6) is 5.75 Å². The summed E-state index contributed by atoms with van der Waals surface area (Å²) in [6.45, 7) is 2.78. The summed E-state index contributed by atoms with van der Waals surface area (Å²) in [5.74, 6) is 0.585. The van der Waals surface area contributed by atoms with Gasteiger partial charge in [-0.3, -0.25) is 4.90 Å². The second-order valence-electron chi connectivity index (χ2n) is 5.56. The van der Waals surface area contributed by atoms with Gasteiger partial charge in [0.2, 0.25) is 0 Å². The predicted octanol–water partition coefficient (Wildman–Crippen LogP) is 4.43. The van der Waals surface area contributed by atoms with E-state index in [2.05, 4.69) is 11.8 Å². The third-order valence-corrected chi connectivity index (χ3v) is 4.34. The molecule has 0 heterocycles. The van der Waals surface area contributed by atoms with Crippen LogP contribution in [0.15, 0.2) is 48.5 Å². The number of para-hydroxylation sites is 1. The summed E-state index contributed by atoms with van der Waals surface area (Å²) in [5.41, 5.74) is 1.15. The van der Waals surface area contributed by atoms with E-state index in [-0.39, 0.29) is 12.6 Å². The number of nitrogens with zero attached hydrogens (tertiary/aromatic N) is 1. The van der Waals surface area contributed by atoms with Crippen LogP contribution in [0.25, 0.3) is 0 Å². The zero-order valence-corrected chi connectivity index (χ0v) is 14.8. The van der Waals surface area contributed by atoms with Gasteiger partial charge in [0, 0.05) is 17.6 Å². The van der Waals surface area contributed by atoms with Gasteiger partial charge in [0.05, 0.1) is 5.02 Å². The molecule has 0 spiro atoms. The lowest BCUT2D eigenvalue weighted by Gasteiger charge is -2.27. The predicted molar refractivity (Wildman–Crippen MR) is 95.5 cm³/mol. The van der Waals surface area contributed by atoms with Gasteiger partial charge in [0.25, 0.3) is 0 Å². The summed E-state index contributed by atoms with van der Waals surface area (Å²) < 4.78 is 5.57. The van der Waals surface area contributed by atoms with Crippen molar-refractivity contribution < 1.29 is 9.84 Å². The highest BCUT2D eigenvalue weighted by Gasteiger charge is 2.16. The first-order valence-corrected chi connectivity index (χ1v) is 8.24. The molecule has 0 aliphatic rings. The second-order valence-corrected chi connectivity index (χ2v) is 6.41. The van der Waals surface area contributed by atoms with Crippen molar-refractivity contribution in [1.29, 1.82) is 0 Å². The van der Waals surface area contributed by atoms with E-state index in [4.69, 9.17) is 27.9 Å². The zero-order chi connectivity index (χ0) is 16.8. The van der Waals surface area contributed by atoms with E-state index in [9.17, 15) is 5.11 Å². The van der Waals surface area contributed by atoms with E-state index in [1.165, 1.54) is 0 Å². The summed E-state index contributed by atoms with van der Waals surface area (Å²) in [6.07, 6.45) is -0.606. The summed E-state index contributed by atoms with van der Waals surface area (Å²) in [4.78, 5) is 2.07. The zero-order valence-electron chi connectivity index (χ0n) is 13.2. The molecule has 0 radical (unpaired) electrons. The smallest absolute Gasteiger partial charge is 0.138 e. The molecular formula is C18H21Cl2NO2. The molecular weight excluding hydrogens is 333 g/mol. The molecule has 2 atom stereocenters. The Morgan fingerprint density at radius 1 is 1.09 bits per heavy atom. The van der Waals surface area contributed by atoms with Crippen molar-refractivity contribution in [3.63, 3.8) is 0 Å². The van der Waals surface area contributed by atoms with Gasteiger partial charge in [-0.05, 0) is 43.8 Å². The molecule has 124 valence electrons. The van der Waals surface area contributed by atoms with E-state index in [1.807, 2.05) is 43.4 Å². The number of aliphatic hydroxyl groups is 1. The first-order valence-electron chi connectivity index (χ1n) is 7.48. The molecule has 0 aromatic heterocycles. The van der Waals surface area contributed by atoms with Crippen molar-refractivity contribution in [3.05, 3.63) is 64.1 Å². The molecule has 0 aliphatic heterocycles. The Morgan fingerprint density at radius 3 is 2.39 bits per heavy atom. The number of hydrogen-bond acceptors (Lipinski definition) is 3. The van der Waals surface area contributed by atoms with Gasteiger partial charge in [-0.2, -0.15) is 0 Å². The molecule has 0 aliphatic carbocycles. The maximum atomic E-state index is 10.2. The maximum Gasteiger partial charge on any atom is 0.138 e. The van der Waals surface area contributed by atoms with Crippen molar-refractivity contribution in [1.82, 2.24) is 4.90 Å². The number of rotatable bonds is 7. The number of likely N-dealkylation sites (N-methyl/N-ethyl adjacent to an activating group) is 1. The van der Waals surface area contributed by atoms with Crippen molar-refractivity contribution in [2.75, 3.05) is 20.2 Å². The van der Waals surface area contributed by atoms with Crippen LogP contribution in [0.2, 0.25) is 10.0 Å². The standard InChI is InChI=1S/C18H21Cl2NO2/c1-13(14-7-9-15(19)10-8-14)21(2)11-16(22)12-23-18-6-4-3-5-17(18)20/h3-10,13,16,22H,11-12H2,1-2H3. The minimum atomic E-state index is -0.606. The average Bonchev–Trinajstić information content (AvgIpc) is 2.54. The molecule has 5 heteroatoms. The first kappa shape index (κ1) is 18.1. The molecule has 0 amide bonds. The largest absolute Gasteiger partial charge is 0.489 e. The minimum absolute atomic E-state index is 0.169. The van der Waals surface area contributed by atoms with Crippen molar-refractivity contribution in [2.45, 2.75) is 19.1 Å². The third kappa shape index (κ3) is 5.40. The van der Waals surface area contributed by atoms with E-state index in [1.54, 1.807) is 12.1 Å². The molecule has 0 saturated carbocycles. The van der Waals surface area contributed by atoms with Crippen LogP contribution in [-0.4, -0.2) is 36.3 Å². The molecule has 0 fully saturated rings. The van der Waals surface area contributed by atoms with Crippen LogP contribution in [-0.2, 0) is 0 Å². The first-order chi connectivity index (χ1) is 11.0. The lowest BCUT2D eigenvalue weighted by atomic mass is 10.1. The van der Waals surface area contributed by atoms with E-state index < -0.39 is 6.10 Å². The Kier molecular flexibility index (Phi) is 6.72. The maximum absolute atomic E-state index is 10.2. The summed E-state index contributed by atoms with van der Waals surface area (Å²) in [7, 11) is 1.97. The highest BCUT2D eigenvalue weighted by atomic mass is 35.5. The van der Waals surface area contributed by atoms with Crippen LogP contribution in [0.1, 0.15) is 18.5 Å². The molecule has 1 N–H and O–H groups in total. The van der Waals surface area contributed by atoms with Crippen LogP contribution in [0.3, 0.4) is 0 Å². The van der Waals surface area contributed by atoms with E-state index in [0.717, 1.165) is 10.6 Å². The molecule has 0 bridgehead atoms. The lowest BCUT2D eigenvalue weighted by molar-refractivity contribution is 0.0654. The van der Waals surface area contributed by atoms with Gasteiger partial charge in [0.15, 0.2) is 0 Å². The normalized spacial score (nSPS) is 13.8. The van der Waals surface area contributed by atoms with Gasteiger partial charge in [-0.15, -0.1) is 0 Å². The van der Waals surface area contributed by atoms with Crippen molar-refractivity contribution in [3.8, 4) is 5.75 Å². The number of benzene rings is 2. The fourth-order valence-corrected chi connectivity index (χ4v) is 2.60. The topological polar surface area (TPSA) is 32.7 Å². The number of hydrogen-bond donors (Lipinski definition) is 1. The van der Waals surface area contributed by atoms with Gasteiger partial charge in [0.1, 0.15) is 18.5 Å². The number of ether oxygens (including phenoxy) is 1. The quantitative estimate of drug-likeness (QED) is 0.799. The fourth-order valence-electron chi connectivity index (χ4n) is 2.29. The highest BCUT2D eigenvalue weighted by molar-refractivity contribution is 6.32. The Morgan fingerprint density at radius 2 is 1.74 bits per heavy atom. The average molecular weight is 354 g/mol. The Balaban J connectivity index is 1.85. The summed E-state index contributed by atoms with van der Waals surface area (Å²) in [5, 5.41) is 11.4. The van der Waals surface area contributed by atoms with Crippen molar-refractivity contribution >= 4 is 23.2 Å². The summed E-state index contributed by atoms with van der Waals surface area (Å²) in [6, 6.07) is 15.1. The molecule has 3 nitrogen and oxygen atoms in total. The lowest BCUT2D eigenvalue weighted by Crippen LogP contribution is -2.34. The van der Waals surface area contributed by atoms with Crippen molar-refractivity contribution in [2.24, 2.45) is 0 Å². The van der Waals surface area contributed by atoms with Gasteiger partial charge < -0.3 is 9.84 Å². The molecule has 2 aromatic rings. The van der Waals surface area contributed by atoms with Crippen LogP contribution in [0, 0.1) is 0 Å². The molecule has 2 aromatic carbocycles. The monoisotopic (exact) mass is 353 g/mol. The second kappa shape index (κ2) is 8.55. The minimum Gasteiger partial charge on any atom is -0.489 e. The fraction of sp³-hybridized carbons (Fsp3) is 0.333. The van der Waals surface area contributed by atoms with Crippen LogP contribution in [0.4, 0.5) is 0 Å². The molecule has 2 rings (SSSR count). The van der Waals surface area contributed by atoms with E-state index in [0.29, 0.717) is 17.3 Å². The van der Waals surface area contributed by atoms with Gasteiger partial charge in [-0.25, -0.2) is 0 Å². The Bertz CT molecular complexity index is 619. The van der Waals surface area contributed by atoms with Gasteiger partial charge >= 0.3 is 0 Å². The highest BCUT2D eigenvalue weighted by Crippen LogP contribution is 2.24. The summed E-state index contributed by atoms with van der Waals surface area (Å²) >= 11 is 11.9. The van der Waals surface area contributed by atoms with Gasteiger partial charge in [-0.1, -0.05) is 47.5 Å². The molecule has 23 heavy (non-hydrogen) atoms. The Labute approximate surface area is 147 Å². The SMILES string of the molecule is CC(c1ccc(Cl)cc1)N(C)CC(O)COc1ccccc1Cl. The van der Waals surface area contributed by atoms with Crippen LogP contribution < -0.4 is 4.74 Å². The van der Waals surface area contributed by atoms with E-state index >= 15 is 0 Å². The third-order valence-electron chi connectivity index (χ3n) is 3.78. The molecule has 0 saturated heterocycles. The molecule has 2 unspecified atom stereocenters. The number of halogens is 2. The van der Waals surface area contributed by atoms with Crippen LogP contribution >= 0.6 is 23.2 Å².